The summed E-state index contributed by atoms with van der Waals surface area (Å²) in [6.07, 6.45) is 2.99. The van der Waals surface area contributed by atoms with Crippen LogP contribution in [0, 0.1) is 5.41 Å². The van der Waals surface area contributed by atoms with E-state index in [1.54, 1.807) is 23.7 Å². The van der Waals surface area contributed by atoms with E-state index < -0.39 is 5.91 Å². The number of hydrogen-bond acceptors (Lipinski definition) is 4. The summed E-state index contributed by atoms with van der Waals surface area (Å²) in [5, 5.41) is 8.73. The van der Waals surface area contributed by atoms with Gasteiger partial charge in [0.2, 0.25) is 5.91 Å². The van der Waals surface area contributed by atoms with Gasteiger partial charge in [-0.3, -0.25) is 14.8 Å². The molecule has 1 aromatic carbocycles. The van der Waals surface area contributed by atoms with Crippen molar-refractivity contribution in [3.05, 3.63) is 29.3 Å². The Balaban J connectivity index is 1.86. The topological polar surface area (TPSA) is 78.9 Å². The third-order valence-corrected chi connectivity index (χ3v) is 5.02. The maximum absolute atomic E-state index is 12.9. The van der Waals surface area contributed by atoms with Crippen molar-refractivity contribution in [2.45, 2.75) is 45.7 Å². The van der Waals surface area contributed by atoms with Crippen molar-refractivity contribution in [2.75, 3.05) is 6.61 Å². The molecular formula is C17H22N2O4. The van der Waals surface area contributed by atoms with E-state index in [1.165, 1.54) is 0 Å². The lowest BCUT2D eigenvalue weighted by molar-refractivity contribution is -0.149. The van der Waals surface area contributed by atoms with Crippen LogP contribution in [0.25, 0.3) is 0 Å². The van der Waals surface area contributed by atoms with E-state index in [1.807, 2.05) is 18.7 Å². The van der Waals surface area contributed by atoms with Crippen molar-refractivity contribution in [2.24, 2.45) is 5.41 Å². The summed E-state index contributed by atoms with van der Waals surface area (Å²) in [5.74, 6) is 0.195. The molecule has 1 heterocycles. The van der Waals surface area contributed by atoms with E-state index in [0.717, 1.165) is 24.8 Å². The van der Waals surface area contributed by atoms with Crippen LogP contribution in [0.3, 0.4) is 0 Å². The first-order chi connectivity index (χ1) is 10.9. The summed E-state index contributed by atoms with van der Waals surface area (Å²) in [7, 11) is 0. The first kappa shape index (κ1) is 15.8. The molecule has 6 nitrogen and oxygen atoms in total. The van der Waals surface area contributed by atoms with E-state index in [-0.39, 0.29) is 17.4 Å². The third-order valence-electron chi connectivity index (χ3n) is 5.02. The van der Waals surface area contributed by atoms with Gasteiger partial charge in [0.1, 0.15) is 12.4 Å². The minimum absolute atomic E-state index is 0.0255. The van der Waals surface area contributed by atoms with Crippen molar-refractivity contribution in [1.82, 2.24) is 10.4 Å². The van der Waals surface area contributed by atoms with Crippen LogP contribution in [0.15, 0.2) is 18.2 Å². The minimum atomic E-state index is -0.580. The van der Waals surface area contributed by atoms with Gasteiger partial charge in [-0.25, -0.2) is 5.48 Å². The lowest BCUT2D eigenvalue weighted by Crippen LogP contribution is -2.49. The van der Waals surface area contributed by atoms with E-state index in [4.69, 9.17) is 9.94 Å². The molecule has 2 amide bonds. The predicted octanol–water partition coefficient (Wildman–Crippen LogP) is 2.11. The van der Waals surface area contributed by atoms with Crippen LogP contribution in [0.5, 0.6) is 5.75 Å². The molecule has 1 aliphatic heterocycles. The monoisotopic (exact) mass is 318 g/mol. The molecule has 1 unspecified atom stereocenters. The zero-order chi connectivity index (χ0) is 16.6. The van der Waals surface area contributed by atoms with Gasteiger partial charge in [-0.1, -0.05) is 19.4 Å². The summed E-state index contributed by atoms with van der Waals surface area (Å²) < 4.78 is 5.79. The van der Waals surface area contributed by atoms with Gasteiger partial charge in [-0.05, 0) is 31.9 Å². The summed E-state index contributed by atoms with van der Waals surface area (Å²) >= 11 is 0. The van der Waals surface area contributed by atoms with Crippen molar-refractivity contribution in [1.29, 1.82) is 0 Å². The Morgan fingerprint density at radius 2 is 2.13 bits per heavy atom. The number of carbonyl (C=O) groups is 2. The van der Waals surface area contributed by atoms with Gasteiger partial charge in [0, 0.05) is 23.1 Å². The fourth-order valence-electron chi connectivity index (χ4n) is 3.20. The van der Waals surface area contributed by atoms with E-state index in [2.05, 4.69) is 0 Å². The second-order valence-corrected chi connectivity index (χ2v) is 6.77. The molecule has 0 bridgehead atoms. The van der Waals surface area contributed by atoms with Gasteiger partial charge in [0.15, 0.2) is 0 Å². The third kappa shape index (κ3) is 2.79. The molecule has 1 aromatic rings. The Labute approximate surface area is 135 Å². The van der Waals surface area contributed by atoms with E-state index in [0.29, 0.717) is 24.5 Å². The zero-order valence-electron chi connectivity index (χ0n) is 13.5. The first-order valence-electron chi connectivity index (χ1n) is 7.96. The molecule has 0 radical (unpaired) electrons. The molecule has 0 saturated heterocycles. The van der Waals surface area contributed by atoms with Crippen molar-refractivity contribution < 1.29 is 19.5 Å². The number of ether oxygens (including phenoxy) is 1. The van der Waals surface area contributed by atoms with Gasteiger partial charge in [0.05, 0.1) is 6.04 Å². The smallest absolute Gasteiger partial charge is 0.274 e. The number of carbonyl (C=O) groups excluding carboxylic acids is 2. The van der Waals surface area contributed by atoms with Crippen LogP contribution in [-0.4, -0.2) is 34.6 Å². The maximum atomic E-state index is 12.9. The van der Waals surface area contributed by atoms with Gasteiger partial charge in [0.25, 0.3) is 5.91 Å². The van der Waals surface area contributed by atoms with Crippen molar-refractivity contribution in [3.63, 3.8) is 0 Å². The van der Waals surface area contributed by atoms with Crippen LogP contribution in [0.1, 0.15) is 49.0 Å². The molecule has 1 atom stereocenters. The number of fused-ring (bicyclic) bond motifs is 1. The van der Waals surface area contributed by atoms with Crippen molar-refractivity contribution in [3.8, 4) is 5.75 Å². The lowest BCUT2D eigenvalue weighted by atomic mass is 9.69. The second-order valence-electron chi connectivity index (χ2n) is 6.77. The molecule has 2 N–H and O–H groups in total. The van der Waals surface area contributed by atoms with E-state index >= 15 is 0 Å². The van der Waals surface area contributed by atoms with Gasteiger partial charge in [-0.15, -0.1) is 0 Å². The maximum Gasteiger partial charge on any atom is 0.274 e. The molecule has 0 spiro atoms. The van der Waals surface area contributed by atoms with E-state index in [9.17, 15) is 9.59 Å². The highest BCUT2D eigenvalue weighted by Gasteiger charge is 2.43. The second kappa shape index (κ2) is 5.85. The Bertz CT molecular complexity index is 639. The number of hydroxylamine groups is 1. The fourth-order valence-corrected chi connectivity index (χ4v) is 3.20. The average molecular weight is 318 g/mol. The number of amides is 2. The number of hydrogen-bond donors (Lipinski definition) is 2. The molecule has 3 rings (SSSR count). The molecular weight excluding hydrogens is 296 g/mol. The Morgan fingerprint density at radius 3 is 2.74 bits per heavy atom. The first-order valence-corrected chi connectivity index (χ1v) is 7.96. The number of nitrogens with zero attached hydrogens (tertiary/aromatic N) is 1. The van der Waals surface area contributed by atoms with Crippen LogP contribution < -0.4 is 10.2 Å². The summed E-state index contributed by atoms with van der Waals surface area (Å²) in [6.45, 7) is 4.88. The largest absolute Gasteiger partial charge is 0.491 e. The standard InChI is InChI=1S/C17H22N2O4/c1-11-10-23-14-8-12(15(20)18-22)4-5-13(14)9-19(11)16(21)17(2)6-3-7-17/h4-5,8,11,22H,3,6-7,9-10H2,1-2H3,(H,18,20). The highest BCUT2D eigenvalue weighted by molar-refractivity contribution is 5.94. The van der Waals surface area contributed by atoms with Crippen LogP contribution >= 0.6 is 0 Å². The number of benzene rings is 1. The van der Waals surface area contributed by atoms with Crippen molar-refractivity contribution >= 4 is 11.8 Å². The van der Waals surface area contributed by atoms with Gasteiger partial charge in [-0.2, -0.15) is 0 Å². The molecule has 0 aromatic heterocycles. The SMILES string of the molecule is CC1COc2cc(C(=O)NO)ccc2CN1C(=O)C1(C)CCC1. The summed E-state index contributed by atoms with van der Waals surface area (Å²) in [6, 6.07) is 4.98. The van der Waals surface area contributed by atoms with Crippen LogP contribution in [0.2, 0.25) is 0 Å². The molecule has 6 heteroatoms. The molecule has 1 fully saturated rings. The van der Waals surface area contributed by atoms with Crippen LogP contribution in [-0.2, 0) is 11.3 Å². The Kier molecular flexibility index (Phi) is 4.02. The number of nitrogens with one attached hydrogen (secondary N) is 1. The van der Waals surface area contributed by atoms with Crippen LogP contribution in [0.4, 0.5) is 0 Å². The number of rotatable bonds is 2. The quantitative estimate of drug-likeness (QED) is 0.646. The molecule has 124 valence electrons. The van der Waals surface area contributed by atoms with Gasteiger partial charge >= 0.3 is 0 Å². The fraction of sp³-hybridized carbons (Fsp3) is 0.529. The minimum Gasteiger partial charge on any atom is -0.491 e. The molecule has 1 saturated carbocycles. The normalized spacial score (nSPS) is 22.2. The van der Waals surface area contributed by atoms with Gasteiger partial charge < -0.3 is 9.64 Å². The molecule has 2 aliphatic rings. The predicted molar refractivity (Wildman–Crippen MR) is 83.2 cm³/mol. The highest BCUT2D eigenvalue weighted by Crippen LogP contribution is 2.43. The molecule has 23 heavy (non-hydrogen) atoms. The average Bonchev–Trinajstić information content (AvgIpc) is 2.70. The Morgan fingerprint density at radius 1 is 1.39 bits per heavy atom. The highest BCUT2D eigenvalue weighted by atomic mass is 16.5. The molecule has 1 aliphatic carbocycles. The zero-order valence-corrected chi connectivity index (χ0v) is 13.5. The summed E-state index contributed by atoms with van der Waals surface area (Å²) in [5.41, 5.74) is 2.57. The summed E-state index contributed by atoms with van der Waals surface area (Å²) in [4.78, 5) is 26.3. The Hall–Kier alpha value is -2.08. The lowest BCUT2D eigenvalue weighted by Gasteiger charge is -2.42.